The van der Waals surface area contributed by atoms with Crippen LogP contribution in [-0.4, -0.2) is 38.0 Å². The van der Waals surface area contributed by atoms with Crippen molar-refractivity contribution in [1.29, 1.82) is 0 Å². The molecule has 0 aromatic rings. The average molecular weight is 229 g/mol. The molecule has 0 fully saturated rings. The van der Waals surface area contributed by atoms with Crippen molar-refractivity contribution >= 4 is 6.29 Å². The van der Waals surface area contributed by atoms with Crippen LogP contribution in [0.25, 0.3) is 0 Å². The molecule has 0 saturated carbocycles. The molecule has 16 heavy (non-hydrogen) atoms. The number of hydrogen-bond acceptors (Lipinski definition) is 4. The number of aldehydes is 1. The molecule has 0 aliphatic carbocycles. The minimum absolute atomic E-state index is 0.279. The van der Waals surface area contributed by atoms with Gasteiger partial charge >= 0.3 is 0 Å². The van der Waals surface area contributed by atoms with E-state index in [1.54, 1.807) is 0 Å². The fraction of sp³-hybridized carbons (Fsp3) is 0.917. The summed E-state index contributed by atoms with van der Waals surface area (Å²) in [6, 6.07) is 0.765. The zero-order valence-electron chi connectivity index (χ0n) is 10.8. The summed E-state index contributed by atoms with van der Waals surface area (Å²) in [6.07, 6.45) is 2.56. The molecular formula is C12H27N3O. The lowest BCUT2D eigenvalue weighted by Crippen LogP contribution is -2.37. The molecule has 0 rings (SSSR count). The van der Waals surface area contributed by atoms with Gasteiger partial charge in [-0.05, 0) is 45.8 Å². The van der Waals surface area contributed by atoms with Crippen molar-refractivity contribution in [3.8, 4) is 0 Å². The summed E-state index contributed by atoms with van der Waals surface area (Å²) >= 11 is 0. The molecule has 3 unspecified atom stereocenters. The Balaban J connectivity index is 3.50. The van der Waals surface area contributed by atoms with Crippen LogP contribution in [0.2, 0.25) is 0 Å². The van der Waals surface area contributed by atoms with Gasteiger partial charge in [0.25, 0.3) is 0 Å². The van der Waals surface area contributed by atoms with Crippen molar-refractivity contribution in [3.63, 3.8) is 0 Å². The highest BCUT2D eigenvalue weighted by Crippen LogP contribution is 1.95. The van der Waals surface area contributed by atoms with E-state index in [4.69, 9.17) is 5.73 Å². The first-order chi connectivity index (χ1) is 7.60. The molecule has 0 amide bonds. The van der Waals surface area contributed by atoms with E-state index in [-0.39, 0.29) is 6.04 Å². The van der Waals surface area contributed by atoms with Crippen LogP contribution in [-0.2, 0) is 4.79 Å². The smallest absolute Gasteiger partial charge is 0.121 e. The highest BCUT2D eigenvalue weighted by atomic mass is 16.1. The van der Waals surface area contributed by atoms with Crippen molar-refractivity contribution in [2.75, 3.05) is 19.6 Å². The van der Waals surface area contributed by atoms with Gasteiger partial charge < -0.3 is 21.2 Å². The van der Waals surface area contributed by atoms with Gasteiger partial charge in [0.1, 0.15) is 6.29 Å². The lowest BCUT2D eigenvalue weighted by atomic mass is 10.1. The van der Waals surface area contributed by atoms with E-state index in [0.29, 0.717) is 18.4 Å². The third-order valence-corrected chi connectivity index (χ3v) is 2.68. The minimum Gasteiger partial charge on any atom is -0.330 e. The Morgan fingerprint density at radius 2 is 1.69 bits per heavy atom. The van der Waals surface area contributed by atoms with Gasteiger partial charge in [-0.3, -0.25) is 0 Å². The molecule has 4 nitrogen and oxygen atoms in total. The molecule has 0 radical (unpaired) electrons. The number of carbonyl (C=O) groups is 1. The predicted octanol–water partition coefficient (Wildman–Crippen LogP) is 0.517. The van der Waals surface area contributed by atoms with Crippen LogP contribution in [0.4, 0.5) is 0 Å². The number of nitrogens with two attached hydrogens (primary N) is 1. The Kier molecular flexibility index (Phi) is 9.48. The molecule has 4 heteroatoms. The topological polar surface area (TPSA) is 67.2 Å². The third-order valence-electron chi connectivity index (χ3n) is 2.68. The third kappa shape index (κ3) is 8.83. The van der Waals surface area contributed by atoms with E-state index < -0.39 is 0 Å². The zero-order valence-corrected chi connectivity index (χ0v) is 10.8. The molecule has 0 aliphatic rings. The zero-order chi connectivity index (χ0) is 12.4. The maximum Gasteiger partial charge on any atom is 0.121 e. The van der Waals surface area contributed by atoms with Crippen LogP contribution < -0.4 is 16.4 Å². The first kappa shape index (κ1) is 15.6. The quantitative estimate of drug-likeness (QED) is 0.478. The number of hydrogen-bond donors (Lipinski definition) is 3. The van der Waals surface area contributed by atoms with Gasteiger partial charge in [-0.2, -0.15) is 0 Å². The van der Waals surface area contributed by atoms with Gasteiger partial charge in [0.2, 0.25) is 0 Å². The highest BCUT2D eigenvalue weighted by molar-refractivity contribution is 5.50. The maximum atomic E-state index is 10.3. The summed E-state index contributed by atoms with van der Waals surface area (Å²) in [5, 5.41) is 6.79. The molecular weight excluding hydrogens is 202 g/mol. The van der Waals surface area contributed by atoms with Crippen LogP contribution in [0.15, 0.2) is 0 Å². The SMILES string of the molecule is CC(CNC(C)CC=O)CNC(C)CCN. The van der Waals surface area contributed by atoms with E-state index >= 15 is 0 Å². The number of rotatable bonds is 10. The van der Waals surface area contributed by atoms with Gasteiger partial charge in [-0.25, -0.2) is 0 Å². The van der Waals surface area contributed by atoms with Crippen molar-refractivity contribution in [1.82, 2.24) is 10.6 Å². The van der Waals surface area contributed by atoms with Crippen LogP contribution in [0, 0.1) is 5.92 Å². The standard InChI is InChI=1S/C12H27N3O/c1-10(8-14-11(2)4-6-13)9-15-12(3)5-7-16/h7,10-12,14-15H,4-6,8-9,13H2,1-3H3. The predicted molar refractivity (Wildman–Crippen MR) is 68.4 cm³/mol. The molecule has 0 aromatic carbocycles. The molecule has 0 saturated heterocycles. The summed E-state index contributed by atoms with van der Waals surface area (Å²) < 4.78 is 0. The summed E-state index contributed by atoms with van der Waals surface area (Å²) in [7, 11) is 0. The Labute approximate surface area is 99.4 Å². The van der Waals surface area contributed by atoms with Gasteiger partial charge in [0.05, 0.1) is 0 Å². The minimum atomic E-state index is 0.279. The number of carbonyl (C=O) groups excluding carboxylic acids is 1. The van der Waals surface area contributed by atoms with Crippen LogP contribution >= 0.6 is 0 Å². The van der Waals surface area contributed by atoms with E-state index in [1.165, 1.54) is 0 Å². The Hall–Kier alpha value is -0.450. The highest BCUT2D eigenvalue weighted by Gasteiger charge is 2.06. The van der Waals surface area contributed by atoms with E-state index in [1.807, 2.05) is 6.92 Å². The van der Waals surface area contributed by atoms with Crippen molar-refractivity contribution in [2.45, 2.75) is 45.7 Å². The average Bonchev–Trinajstić information content (AvgIpc) is 2.24. The largest absolute Gasteiger partial charge is 0.330 e. The number of nitrogens with one attached hydrogen (secondary N) is 2. The molecule has 0 spiro atoms. The second kappa shape index (κ2) is 9.75. The molecule has 3 atom stereocenters. The second-order valence-corrected chi connectivity index (χ2v) is 4.70. The van der Waals surface area contributed by atoms with Crippen LogP contribution in [0.3, 0.4) is 0 Å². The lowest BCUT2D eigenvalue weighted by molar-refractivity contribution is -0.108. The molecule has 0 aliphatic heterocycles. The van der Waals surface area contributed by atoms with E-state index in [9.17, 15) is 4.79 Å². The summed E-state index contributed by atoms with van der Waals surface area (Å²) in [5.41, 5.74) is 5.48. The Morgan fingerprint density at radius 3 is 2.19 bits per heavy atom. The van der Waals surface area contributed by atoms with Crippen LogP contribution in [0.5, 0.6) is 0 Å². The van der Waals surface area contributed by atoms with Crippen molar-refractivity contribution in [3.05, 3.63) is 0 Å². The summed E-state index contributed by atoms with van der Waals surface area (Å²) in [6.45, 7) is 9.05. The normalized spacial score (nSPS) is 16.8. The van der Waals surface area contributed by atoms with Crippen molar-refractivity contribution < 1.29 is 4.79 Å². The summed E-state index contributed by atoms with van der Waals surface area (Å²) in [5.74, 6) is 0.564. The van der Waals surface area contributed by atoms with E-state index in [2.05, 4.69) is 24.5 Å². The first-order valence-electron chi connectivity index (χ1n) is 6.20. The molecule has 0 heterocycles. The molecule has 4 N–H and O–H groups in total. The lowest BCUT2D eigenvalue weighted by Gasteiger charge is -2.19. The van der Waals surface area contributed by atoms with Crippen LogP contribution in [0.1, 0.15) is 33.6 Å². The molecule has 0 bridgehead atoms. The van der Waals surface area contributed by atoms with Gasteiger partial charge in [-0.1, -0.05) is 6.92 Å². The Morgan fingerprint density at radius 1 is 1.12 bits per heavy atom. The fourth-order valence-electron chi connectivity index (χ4n) is 1.46. The van der Waals surface area contributed by atoms with Gasteiger partial charge in [0, 0.05) is 18.5 Å². The monoisotopic (exact) mass is 229 g/mol. The maximum absolute atomic E-state index is 10.3. The van der Waals surface area contributed by atoms with Gasteiger partial charge in [-0.15, -0.1) is 0 Å². The van der Waals surface area contributed by atoms with Crippen molar-refractivity contribution in [2.24, 2.45) is 11.7 Å². The van der Waals surface area contributed by atoms with Gasteiger partial charge in [0.15, 0.2) is 0 Å². The molecule has 0 aromatic heterocycles. The summed E-state index contributed by atoms with van der Waals surface area (Å²) in [4.78, 5) is 10.3. The second-order valence-electron chi connectivity index (χ2n) is 4.70. The molecule has 96 valence electrons. The Bertz CT molecular complexity index is 176. The first-order valence-corrected chi connectivity index (χ1v) is 6.20. The van der Waals surface area contributed by atoms with E-state index in [0.717, 1.165) is 32.3 Å². The fourth-order valence-corrected chi connectivity index (χ4v) is 1.46.